The molecule has 0 aliphatic carbocycles. The topological polar surface area (TPSA) is 82.1 Å². The Bertz CT molecular complexity index is 360. The molecule has 0 unspecified atom stereocenters. The highest BCUT2D eigenvalue weighted by Gasteiger charge is 2.41. The minimum Gasteiger partial charge on any atom is -0.497 e. The third-order valence-corrected chi connectivity index (χ3v) is 3.55. The van der Waals surface area contributed by atoms with Crippen LogP contribution in [0.2, 0.25) is 0 Å². The summed E-state index contributed by atoms with van der Waals surface area (Å²) in [5.41, 5.74) is 0. The molecule has 20 heavy (non-hydrogen) atoms. The average Bonchev–Trinajstić information content (AvgIpc) is 2.35. The number of Topliss-reactive ketones (excluding diaryl/α,β-unsaturated/α-hetero) is 1. The SMILES string of the molecule is COCCCC(=O)[C@H](Br)B1OC(=O)CN(C)CC(=O)O1. The van der Waals surface area contributed by atoms with Crippen LogP contribution in [0.15, 0.2) is 0 Å². The third kappa shape index (κ3) is 5.60. The van der Waals surface area contributed by atoms with Crippen LogP contribution >= 0.6 is 15.9 Å². The Hall–Kier alpha value is -0.925. The summed E-state index contributed by atoms with van der Waals surface area (Å²) in [6.07, 6.45) is 0.796. The maximum absolute atomic E-state index is 11.9. The van der Waals surface area contributed by atoms with Gasteiger partial charge in [-0.1, -0.05) is 15.9 Å². The minimum absolute atomic E-state index is 0.0246. The van der Waals surface area contributed by atoms with Crippen LogP contribution in [0.4, 0.5) is 0 Å². The number of rotatable bonds is 6. The summed E-state index contributed by atoms with van der Waals surface area (Å²) in [4.78, 5) is 36.5. The summed E-state index contributed by atoms with van der Waals surface area (Å²) < 4.78 is 14.0. The Kier molecular flexibility index (Phi) is 7.18. The van der Waals surface area contributed by atoms with Gasteiger partial charge in [-0.2, -0.15) is 0 Å². The molecule has 1 fully saturated rings. The van der Waals surface area contributed by atoms with Crippen molar-refractivity contribution in [2.45, 2.75) is 17.6 Å². The third-order valence-electron chi connectivity index (χ3n) is 2.61. The molecular formula is C11H17BBrNO6. The van der Waals surface area contributed by atoms with Crippen molar-refractivity contribution in [2.75, 3.05) is 33.9 Å². The fourth-order valence-corrected chi connectivity index (χ4v) is 2.10. The van der Waals surface area contributed by atoms with Gasteiger partial charge in [0.1, 0.15) is 10.5 Å². The quantitative estimate of drug-likeness (QED) is 0.373. The van der Waals surface area contributed by atoms with E-state index in [1.807, 2.05) is 0 Å². The first kappa shape index (κ1) is 17.1. The van der Waals surface area contributed by atoms with Crippen LogP contribution in [0.5, 0.6) is 0 Å². The van der Waals surface area contributed by atoms with Crippen molar-refractivity contribution >= 4 is 40.8 Å². The molecule has 0 N–H and O–H groups in total. The van der Waals surface area contributed by atoms with Crippen LogP contribution in [0.25, 0.3) is 0 Å². The first-order valence-corrected chi connectivity index (χ1v) is 7.09. The number of likely N-dealkylation sites (N-methyl/N-ethyl adjacent to an activating group) is 1. The lowest BCUT2D eigenvalue weighted by atomic mass is 9.80. The largest absolute Gasteiger partial charge is 0.621 e. The summed E-state index contributed by atoms with van der Waals surface area (Å²) in [6, 6.07) is 0. The lowest BCUT2D eigenvalue weighted by Crippen LogP contribution is -2.48. The molecule has 7 nitrogen and oxygen atoms in total. The van der Waals surface area contributed by atoms with E-state index in [0.717, 1.165) is 0 Å². The maximum Gasteiger partial charge on any atom is 0.621 e. The lowest BCUT2D eigenvalue weighted by molar-refractivity contribution is -0.145. The van der Waals surface area contributed by atoms with Gasteiger partial charge in [0.15, 0.2) is 0 Å². The van der Waals surface area contributed by atoms with Gasteiger partial charge in [0.05, 0.1) is 13.1 Å². The summed E-state index contributed by atoms with van der Waals surface area (Å²) in [5, 5.41) is 0. The first-order valence-electron chi connectivity index (χ1n) is 6.17. The molecule has 1 heterocycles. The van der Waals surface area contributed by atoms with E-state index in [1.165, 1.54) is 4.90 Å². The first-order chi connectivity index (χ1) is 9.43. The lowest BCUT2D eigenvalue weighted by Gasteiger charge is -2.24. The van der Waals surface area contributed by atoms with E-state index in [2.05, 4.69) is 15.9 Å². The van der Waals surface area contributed by atoms with Gasteiger partial charge in [0, 0.05) is 20.1 Å². The van der Waals surface area contributed by atoms with Crippen molar-refractivity contribution < 1.29 is 28.4 Å². The zero-order chi connectivity index (χ0) is 15.1. The van der Waals surface area contributed by atoms with E-state index >= 15 is 0 Å². The fraction of sp³-hybridized carbons (Fsp3) is 0.727. The number of nitrogens with zero attached hydrogens (tertiary/aromatic N) is 1. The maximum atomic E-state index is 11.9. The Labute approximate surface area is 126 Å². The molecule has 1 rings (SSSR count). The summed E-state index contributed by atoms with van der Waals surface area (Å²) in [6.45, 7) is 0.410. The van der Waals surface area contributed by atoms with Gasteiger partial charge < -0.3 is 14.0 Å². The normalized spacial score (nSPS) is 18.9. The average molecular weight is 350 g/mol. The second-order valence-electron chi connectivity index (χ2n) is 4.48. The molecule has 0 bridgehead atoms. The van der Waals surface area contributed by atoms with E-state index in [9.17, 15) is 14.4 Å². The molecular weight excluding hydrogens is 333 g/mol. The van der Waals surface area contributed by atoms with Crippen molar-refractivity contribution in [3.63, 3.8) is 0 Å². The molecule has 0 spiro atoms. The van der Waals surface area contributed by atoms with E-state index in [1.54, 1.807) is 14.2 Å². The van der Waals surface area contributed by atoms with Crippen molar-refractivity contribution in [1.82, 2.24) is 4.90 Å². The van der Waals surface area contributed by atoms with Crippen LogP contribution in [-0.4, -0.2) is 68.3 Å². The minimum atomic E-state index is -1.22. The molecule has 0 radical (unpaired) electrons. The molecule has 0 aromatic heterocycles. The van der Waals surface area contributed by atoms with Crippen molar-refractivity contribution in [3.05, 3.63) is 0 Å². The number of alkyl halides is 1. The summed E-state index contributed by atoms with van der Waals surface area (Å²) >= 11 is 3.13. The zero-order valence-electron chi connectivity index (χ0n) is 11.5. The van der Waals surface area contributed by atoms with Gasteiger partial charge in [-0.25, -0.2) is 0 Å². The van der Waals surface area contributed by atoms with Crippen molar-refractivity contribution in [2.24, 2.45) is 0 Å². The Morgan fingerprint density at radius 1 is 1.40 bits per heavy atom. The summed E-state index contributed by atoms with van der Waals surface area (Å²) in [5.74, 6) is -1.29. The second-order valence-corrected chi connectivity index (χ2v) is 5.47. The second kappa shape index (κ2) is 8.38. The zero-order valence-corrected chi connectivity index (χ0v) is 13.1. The predicted molar refractivity (Wildman–Crippen MR) is 74.3 cm³/mol. The van der Waals surface area contributed by atoms with Crippen LogP contribution in [0.3, 0.4) is 0 Å². The number of carbonyl (C=O) groups excluding carboxylic acids is 3. The smallest absolute Gasteiger partial charge is 0.497 e. The molecule has 1 atom stereocenters. The van der Waals surface area contributed by atoms with Crippen LogP contribution in [0.1, 0.15) is 12.8 Å². The number of hydrogen-bond donors (Lipinski definition) is 0. The van der Waals surface area contributed by atoms with Crippen LogP contribution < -0.4 is 0 Å². The summed E-state index contributed by atoms with van der Waals surface area (Å²) in [7, 11) is 1.92. The number of methoxy groups -OCH3 is 1. The van der Waals surface area contributed by atoms with Crippen molar-refractivity contribution in [3.8, 4) is 0 Å². The highest BCUT2D eigenvalue weighted by Crippen LogP contribution is 2.14. The van der Waals surface area contributed by atoms with E-state index < -0.39 is 23.8 Å². The number of ether oxygens (including phenoxy) is 1. The number of hydrogen-bond acceptors (Lipinski definition) is 7. The highest BCUT2D eigenvalue weighted by molar-refractivity contribution is 9.10. The van der Waals surface area contributed by atoms with Gasteiger partial charge in [-0.05, 0) is 13.5 Å². The molecule has 9 heteroatoms. The van der Waals surface area contributed by atoms with E-state index in [0.29, 0.717) is 13.0 Å². The van der Waals surface area contributed by atoms with Gasteiger partial charge in [-0.3, -0.25) is 19.3 Å². The molecule has 1 saturated heterocycles. The fourth-order valence-electron chi connectivity index (χ4n) is 1.65. The van der Waals surface area contributed by atoms with Gasteiger partial charge in [0.2, 0.25) is 0 Å². The highest BCUT2D eigenvalue weighted by atomic mass is 79.9. The van der Waals surface area contributed by atoms with Gasteiger partial charge in [0.25, 0.3) is 0 Å². The van der Waals surface area contributed by atoms with Gasteiger partial charge in [-0.15, -0.1) is 0 Å². The standard InChI is InChI=1S/C11H17BBrNO6/c1-14-6-9(16)19-12(20-10(17)7-14)11(13)8(15)4-3-5-18-2/h11H,3-7H2,1-2H3/t11-/m0/s1. The number of halogens is 1. The Morgan fingerprint density at radius 3 is 2.45 bits per heavy atom. The molecule has 0 aromatic rings. The molecule has 0 aromatic carbocycles. The molecule has 0 saturated carbocycles. The van der Waals surface area contributed by atoms with E-state index in [-0.39, 0.29) is 25.3 Å². The molecule has 1 aliphatic heterocycles. The van der Waals surface area contributed by atoms with E-state index in [4.69, 9.17) is 14.0 Å². The van der Waals surface area contributed by atoms with Crippen LogP contribution in [-0.2, 0) is 28.4 Å². The molecule has 0 amide bonds. The van der Waals surface area contributed by atoms with Crippen LogP contribution in [0, 0.1) is 0 Å². The van der Waals surface area contributed by atoms with Gasteiger partial charge >= 0.3 is 19.1 Å². The number of carbonyl (C=O) groups is 3. The number of ketones is 1. The Balaban J connectivity index is 2.59. The predicted octanol–water partition coefficient (Wildman–Crippen LogP) is -0.195. The molecule has 112 valence electrons. The Morgan fingerprint density at radius 2 is 1.95 bits per heavy atom. The molecule has 1 aliphatic rings. The monoisotopic (exact) mass is 349 g/mol. The van der Waals surface area contributed by atoms with Crippen molar-refractivity contribution in [1.29, 1.82) is 0 Å².